The first-order chi connectivity index (χ1) is 9.65. The van der Waals surface area contributed by atoms with Gasteiger partial charge in [0, 0.05) is 19.8 Å². The predicted octanol–water partition coefficient (Wildman–Crippen LogP) is 4.13. The fourth-order valence-corrected chi connectivity index (χ4v) is 1.80. The van der Waals surface area contributed by atoms with Crippen LogP contribution in [0.1, 0.15) is 39.5 Å². The van der Waals surface area contributed by atoms with Gasteiger partial charge in [0.25, 0.3) is 6.47 Å². The van der Waals surface area contributed by atoms with Gasteiger partial charge in [-0.2, -0.15) is 0 Å². The molecule has 1 aromatic rings. The average molecular weight is 279 g/mol. The van der Waals surface area contributed by atoms with Crippen molar-refractivity contribution in [3.63, 3.8) is 0 Å². The van der Waals surface area contributed by atoms with Crippen molar-refractivity contribution < 1.29 is 9.53 Å². The molecule has 1 atom stereocenters. The van der Waals surface area contributed by atoms with Gasteiger partial charge in [0.1, 0.15) is 0 Å². The van der Waals surface area contributed by atoms with Crippen LogP contribution < -0.4 is 4.90 Å². The zero-order valence-electron chi connectivity index (χ0n) is 13.3. The van der Waals surface area contributed by atoms with Crippen molar-refractivity contribution in [3.05, 3.63) is 30.3 Å². The first kappa shape index (κ1) is 18.5. The van der Waals surface area contributed by atoms with Gasteiger partial charge in [0.2, 0.25) is 0 Å². The number of carbonyl (C=O) groups excluding carboxylic acids is 1. The Labute approximate surface area is 123 Å². The van der Waals surface area contributed by atoms with Crippen LogP contribution in [0.2, 0.25) is 0 Å². The lowest BCUT2D eigenvalue weighted by atomic mass is 10.0. The van der Waals surface area contributed by atoms with Crippen molar-refractivity contribution in [2.24, 2.45) is 5.92 Å². The molecule has 0 aliphatic rings. The number of anilines is 1. The smallest absolute Gasteiger partial charge is 0.293 e. The molecule has 0 aliphatic carbocycles. The van der Waals surface area contributed by atoms with Gasteiger partial charge >= 0.3 is 0 Å². The van der Waals surface area contributed by atoms with Crippen LogP contribution in [0.15, 0.2) is 30.3 Å². The molecule has 1 rings (SSSR count). The third kappa shape index (κ3) is 9.42. The Bertz CT molecular complexity index is 325. The third-order valence-electron chi connectivity index (χ3n) is 3.22. The average Bonchev–Trinajstić information content (AvgIpc) is 2.49. The van der Waals surface area contributed by atoms with Crippen LogP contribution in [0.25, 0.3) is 0 Å². The van der Waals surface area contributed by atoms with Gasteiger partial charge in [-0.15, -0.1) is 0 Å². The van der Waals surface area contributed by atoms with Crippen molar-refractivity contribution in [2.45, 2.75) is 39.5 Å². The maximum absolute atomic E-state index is 9.88. The first-order valence-corrected chi connectivity index (χ1v) is 7.43. The molecule has 0 saturated carbocycles. The van der Waals surface area contributed by atoms with E-state index in [0.29, 0.717) is 19.0 Å². The lowest BCUT2D eigenvalue weighted by Gasteiger charge is -2.11. The predicted molar refractivity (Wildman–Crippen MR) is 86.1 cm³/mol. The molecular weight excluding hydrogens is 250 g/mol. The van der Waals surface area contributed by atoms with Crippen LogP contribution in [-0.2, 0) is 9.53 Å². The molecule has 1 unspecified atom stereocenters. The Morgan fingerprint density at radius 3 is 2.25 bits per heavy atom. The molecule has 0 radical (unpaired) electrons. The summed E-state index contributed by atoms with van der Waals surface area (Å²) in [6, 6.07) is 10.3. The highest BCUT2D eigenvalue weighted by atomic mass is 16.5. The lowest BCUT2D eigenvalue weighted by Crippen LogP contribution is -2.07. The summed E-state index contributed by atoms with van der Waals surface area (Å²) in [6.45, 7) is 5.44. The van der Waals surface area contributed by atoms with Gasteiger partial charge in [-0.3, -0.25) is 4.79 Å². The van der Waals surface area contributed by atoms with E-state index in [0.717, 1.165) is 6.42 Å². The van der Waals surface area contributed by atoms with Crippen LogP contribution in [0.5, 0.6) is 0 Å². The summed E-state index contributed by atoms with van der Waals surface area (Å²) in [5.41, 5.74) is 1.25. The molecule has 3 nitrogen and oxygen atoms in total. The minimum Gasteiger partial charge on any atom is -0.468 e. The summed E-state index contributed by atoms with van der Waals surface area (Å²) < 4.78 is 4.70. The molecule has 0 heterocycles. The van der Waals surface area contributed by atoms with Crippen LogP contribution in [0.3, 0.4) is 0 Å². The van der Waals surface area contributed by atoms with E-state index in [1.165, 1.54) is 24.9 Å². The lowest BCUT2D eigenvalue weighted by molar-refractivity contribution is -0.130. The second-order valence-corrected chi connectivity index (χ2v) is 5.08. The quantitative estimate of drug-likeness (QED) is 0.670. The van der Waals surface area contributed by atoms with E-state index in [2.05, 4.69) is 30.9 Å². The molecule has 1 aromatic carbocycles. The van der Waals surface area contributed by atoms with Gasteiger partial charge in [0.15, 0.2) is 0 Å². The van der Waals surface area contributed by atoms with Crippen LogP contribution in [0, 0.1) is 5.92 Å². The molecule has 20 heavy (non-hydrogen) atoms. The summed E-state index contributed by atoms with van der Waals surface area (Å²) in [5.74, 6) is 0.570. The number of unbranched alkanes of at least 4 members (excludes halogenated alkanes) is 1. The van der Waals surface area contributed by atoms with Crippen molar-refractivity contribution in [1.82, 2.24) is 0 Å². The number of benzene rings is 1. The van der Waals surface area contributed by atoms with Gasteiger partial charge in [0.05, 0.1) is 6.61 Å². The zero-order valence-corrected chi connectivity index (χ0v) is 13.3. The summed E-state index contributed by atoms with van der Waals surface area (Å²) in [7, 11) is 4.07. The third-order valence-corrected chi connectivity index (χ3v) is 3.22. The number of rotatable bonds is 8. The number of hydrogen-bond donors (Lipinski definition) is 0. The van der Waals surface area contributed by atoms with E-state index in [4.69, 9.17) is 4.74 Å². The number of para-hydroxylation sites is 1. The van der Waals surface area contributed by atoms with E-state index in [9.17, 15) is 4.79 Å². The summed E-state index contributed by atoms with van der Waals surface area (Å²) in [4.78, 5) is 12.0. The molecule has 0 spiro atoms. The van der Waals surface area contributed by atoms with E-state index in [-0.39, 0.29) is 0 Å². The van der Waals surface area contributed by atoms with Crippen molar-refractivity contribution in [1.29, 1.82) is 0 Å². The molecule has 0 aromatic heterocycles. The maximum Gasteiger partial charge on any atom is 0.293 e. The molecule has 0 aliphatic heterocycles. The first-order valence-electron chi connectivity index (χ1n) is 7.43. The highest BCUT2D eigenvalue weighted by Crippen LogP contribution is 2.12. The monoisotopic (exact) mass is 279 g/mol. The standard InChI is InChI=1S/C9H18O2.C8H11N/c1-3-5-6-9(4-2)7-11-8-10;1-9(2)8-6-4-3-5-7-8/h8-9H,3-7H2,1-2H3;3-7H,1-2H3. The van der Waals surface area contributed by atoms with Crippen LogP contribution in [-0.4, -0.2) is 27.2 Å². The largest absolute Gasteiger partial charge is 0.468 e. The molecule has 0 bridgehead atoms. The number of ether oxygens (including phenoxy) is 1. The van der Waals surface area contributed by atoms with Gasteiger partial charge in [-0.05, 0) is 24.5 Å². The van der Waals surface area contributed by atoms with Crippen molar-refractivity contribution >= 4 is 12.2 Å². The van der Waals surface area contributed by atoms with Gasteiger partial charge < -0.3 is 9.64 Å². The Morgan fingerprint density at radius 2 is 1.85 bits per heavy atom. The number of carbonyl (C=O) groups is 1. The molecular formula is C17H29NO2. The highest BCUT2D eigenvalue weighted by Gasteiger charge is 2.04. The Morgan fingerprint density at radius 1 is 1.20 bits per heavy atom. The number of nitrogens with zero attached hydrogens (tertiary/aromatic N) is 1. The van der Waals surface area contributed by atoms with Gasteiger partial charge in [-0.1, -0.05) is 51.3 Å². The second kappa shape index (κ2) is 12.5. The molecule has 0 N–H and O–H groups in total. The highest BCUT2D eigenvalue weighted by molar-refractivity contribution is 5.43. The summed E-state index contributed by atoms with van der Waals surface area (Å²) in [5, 5.41) is 0. The molecule has 0 saturated heterocycles. The van der Waals surface area contributed by atoms with E-state index < -0.39 is 0 Å². The van der Waals surface area contributed by atoms with Crippen molar-refractivity contribution in [3.8, 4) is 0 Å². The normalized spacial score (nSPS) is 11.0. The molecule has 0 fully saturated rings. The van der Waals surface area contributed by atoms with E-state index >= 15 is 0 Å². The fourth-order valence-electron chi connectivity index (χ4n) is 1.80. The maximum atomic E-state index is 9.88. The minimum atomic E-state index is 0.536. The minimum absolute atomic E-state index is 0.536. The molecule has 0 amide bonds. The van der Waals surface area contributed by atoms with Crippen LogP contribution in [0.4, 0.5) is 5.69 Å². The Hall–Kier alpha value is -1.51. The van der Waals surface area contributed by atoms with E-state index in [1.54, 1.807) is 0 Å². The summed E-state index contributed by atoms with van der Waals surface area (Å²) in [6.07, 6.45) is 4.74. The molecule has 114 valence electrons. The van der Waals surface area contributed by atoms with Crippen LogP contribution >= 0.6 is 0 Å². The Kier molecular flexibility index (Phi) is 11.6. The topological polar surface area (TPSA) is 29.5 Å². The van der Waals surface area contributed by atoms with Crippen molar-refractivity contribution in [2.75, 3.05) is 25.6 Å². The zero-order chi connectivity index (χ0) is 15.2. The molecule has 3 heteroatoms. The van der Waals surface area contributed by atoms with Gasteiger partial charge in [-0.25, -0.2) is 0 Å². The Balaban J connectivity index is 0.000000367. The summed E-state index contributed by atoms with van der Waals surface area (Å²) >= 11 is 0. The second-order valence-electron chi connectivity index (χ2n) is 5.08. The SMILES string of the molecule is CCCCC(CC)COC=O.CN(C)c1ccccc1. The number of hydrogen-bond acceptors (Lipinski definition) is 3. The fraction of sp³-hybridized carbons (Fsp3) is 0.588. The van der Waals surface area contributed by atoms with E-state index in [1.807, 2.05) is 32.3 Å².